The summed E-state index contributed by atoms with van der Waals surface area (Å²) < 4.78 is 14.6. The molecule has 2 aromatic carbocycles. The van der Waals surface area contributed by atoms with E-state index in [1.807, 2.05) is 16.7 Å². The standard InChI is InChI=1S/C34H40N6O3Si/c1-34(2,3)44(25-15-7-5-8-16-25,26-17-9-6-10-18-26)43-23-24-14-11-12-20-29(24)40-30-28(38-33(40)41)22-36-32(39-30)37-27-19-13-21-35-31(27)42-4/h5-10,13,15-19,21-22,24,29H,11-12,14,20,23H2,1-4H3,(H,38,41)(H,36,37,39). The number of rotatable bonds is 9. The first-order valence-corrected chi connectivity index (χ1v) is 17.2. The summed E-state index contributed by atoms with van der Waals surface area (Å²) in [6, 6.07) is 25.0. The van der Waals surface area contributed by atoms with Crippen molar-refractivity contribution >= 4 is 41.5 Å². The zero-order chi connectivity index (χ0) is 30.7. The van der Waals surface area contributed by atoms with Crippen molar-refractivity contribution in [2.45, 2.75) is 57.5 Å². The maximum atomic E-state index is 13.5. The summed E-state index contributed by atoms with van der Waals surface area (Å²) in [5.41, 5.74) is 1.66. The first-order chi connectivity index (χ1) is 21.3. The van der Waals surface area contributed by atoms with Gasteiger partial charge in [0.25, 0.3) is 8.32 Å². The molecule has 0 aliphatic heterocycles. The number of anilines is 2. The Morgan fingerprint density at radius 3 is 2.30 bits per heavy atom. The van der Waals surface area contributed by atoms with Crippen LogP contribution in [0.25, 0.3) is 11.2 Å². The van der Waals surface area contributed by atoms with Gasteiger partial charge in [-0.15, -0.1) is 0 Å². The SMILES string of the molecule is COc1ncccc1Nc1ncc2[nH]c(=O)n(C3CCCCC3CO[Si](c3ccccc3)(c3ccccc3)C(C)(C)C)c2n1. The maximum Gasteiger partial charge on any atom is 0.327 e. The Bertz CT molecular complexity index is 1730. The second-order valence-corrected chi connectivity index (χ2v) is 16.8. The number of ether oxygens (including phenoxy) is 1. The van der Waals surface area contributed by atoms with Crippen molar-refractivity contribution in [2.75, 3.05) is 19.0 Å². The quantitative estimate of drug-likeness (QED) is 0.211. The van der Waals surface area contributed by atoms with Crippen molar-refractivity contribution in [3.8, 4) is 5.88 Å². The Labute approximate surface area is 258 Å². The van der Waals surface area contributed by atoms with E-state index in [-0.39, 0.29) is 22.7 Å². The topological polar surface area (TPSA) is 107 Å². The predicted molar refractivity (Wildman–Crippen MR) is 177 cm³/mol. The van der Waals surface area contributed by atoms with Crippen LogP contribution in [0.2, 0.25) is 5.04 Å². The summed E-state index contributed by atoms with van der Waals surface area (Å²) in [6.07, 6.45) is 7.32. The number of nitrogens with one attached hydrogen (secondary N) is 2. The molecule has 10 heteroatoms. The minimum Gasteiger partial charge on any atom is -0.480 e. The van der Waals surface area contributed by atoms with Crippen LogP contribution in [0.1, 0.15) is 52.5 Å². The highest BCUT2D eigenvalue weighted by Gasteiger charge is 2.50. The van der Waals surface area contributed by atoms with E-state index in [0.717, 1.165) is 25.7 Å². The van der Waals surface area contributed by atoms with Crippen molar-refractivity contribution in [3.63, 3.8) is 0 Å². The van der Waals surface area contributed by atoms with Gasteiger partial charge in [-0.2, -0.15) is 4.98 Å². The molecule has 2 unspecified atom stereocenters. The van der Waals surface area contributed by atoms with Crippen LogP contribution >= 0.6 is 0 Å². The van der Waals surface area contributed by atoms with Crippen molar-refractivity contribution in [2.24, 2.45) is 5.92 Å². The van der Waals surface area contributed by atoms with E-state index < -0.39 is 8.32 Å². The lowest BCUT2D eigenvalue weighted by Gasteiger charge is -2.44. The van der Waals surface area contributed by atoms with Crippen LogP contribution in [0.3, 0.4) is 0 Å². The number of fused-ring (bicyclic) bond motifs is 1. The van der Waals surface area contributed by atoms with E-state index >= 15 is 0 Å². The average Bonchev–Trinajstić information content (AvgIpc) is 3.37. The Morgan fingerprint density at radius 1 is 0.955 bits per heavy atom. The van der Waals surface area contributed by atoms with Gasteiger partial charge in [0.1, 0.15) is 11.2 Å². The van der Waals surface area contributed by atoms with Gasteiger partial charge in [-0.05, 0) is 40.4 Å². The predicted octanol–water partition coefficient (Wildman–Crippen LogP) is 5.57. The molecule has 0 amide bonds. The molecule has 0 radical (unpaired) electrons. The summed E-state index contributed by atoms with van der Waals surface area (Å²) in [7, 11) is -1.16. The summed E-state index contributed by atoms with van der Waals surface area (Å²) >= 11 is 0. The maximum absolute atomic E-state index is 13.5. The van der Waals surface area contributed by atoms with E-state index in [1.54, 1.807) is 19.5 Å². The van der Waals surface area contributed by atoms with Gasteiger partial charge < -0.3 is 19.5 Å². The molecule has 1 aliphatic rings. The molecule has 1 saturated carbocycles. The number of pyridine rings is 1. The molecule has 44 heavy (non-hydrogen) atoms. The number of methoxy groups -OCH3 is 1. The van der Waals surface area contributed by atoms with Gasteiger partial charge in [0.2, 0.25) is 11.8 Å². The van der Waals surface area contributed by atoms with Crippen molar-refractivity contribution < 1.29 is 9.16 Å². The van der Waals surface area contributed by atoms with Crippen LogP contribution in [0.15, 0.2) is 90.0 Å². The third kappa shape index (κ3) is 5.55. The lowest BCUT2D eigenvalue weighted by atomic mass is 9.85. The highest BCUT2D eigenvalue weighted by molar-refractivity contribution is 6.99. The van der Waals surface area contributed by atoms with Crippen LogP contribution in [-0.2, 0) is 4.43 Å². The molecule has 1 aliphatic carbocycles. The number of hydrogen-bond acceptors (Lipinski definition) is 7. The number of aromatic amines is 1. The minimum atomic E-state index is -2.72. The number of benzene rings is 2. The van der Waals surface area contributed by atoms with Gasteiger partial charge in [-0.25, -0.2) is 14.8 Å². The van der Waals surface area contributed by atoms with E-state index in [0.29, 0.717) is 35.3 Å². The van der Waals surface area contributed by atoms with Gasteiger partial charge in [0, 0.05) is 24.8 Å². The van der Waals surface area contributed by atoms with Gasteiger partial charge >= 0.3 is 5.69 Å². The summed E-state index contributed by atoms with van der Waals surface area (Å²) in [4.78, 5) is 30.0. The molecule has 228 valence electrons. The summed E-state index contributed by atoms with van der Waals surface area (Å²) in [5, 5.41) is 5.59. The molecule has 3 aromatic heterocycles. The van der Waals surface area contributed by atoms with Crippen LogP contribution in [0.5, 0.6) is 5.88 Å². The zero-order valence-corrected chi connectivity index (χ0v) is 26.8. The fourth-order valence-electron chi connectivity index (χ4n) is 6.77. The van der Waals surface area contributed by atoms with Crippen LogP contribution in [-0.4, -0.2) is 46.5 Å². The average molecular weight is 609 g/mol. The monoisotopic (exact) mass is 608 g/mol. The molecule has 0 bridgehead atoms. The molecule has 0 spiro atoms. The second kappa shape index (κ2) is 12.4. The molecule has 9 nitrogen and oxygen atoms in total. The molecule has 3 heterocycles. The molecular formula is C34H40N6O3Si. The number of aromatic nitrogens is 5. The molecular weight excluding hydrogens is 568 g/mol. The molecule has 6 rings (SSSR count). The molecule has 5 aromatic rings. The zero-order valence-electron chi connectivity index (χ0n) is 25.8. The minimum absolute atomic E-state index is 0.0566. The largest absolute Gasteiger partial charge is 0.480 e. The van der Waals surface area contributed by atoms with E-state index in [2.05, 4.69) is 102 Å². The highest BCUT2D eigenvalue weighted by Crippen LogP contribution is 2.40. The van der Waals surface area contributed by atoms with Crippen molar-refractivity contribution in [1.82, 2.24) is 24.5 Å². The number of imidazole rings is 1. The Kier molecular flexibility index (Phi) is 8.37. The van der Waals surface area contributed by atoms with E-state index in [1.165, 1.54) is 10.4 Å². The Balaban J connectivity index is 1.36. The second-order valence-electron chi connectivity index (χ2n) is 12.5. The fourth-order valence-corrected chi connectivity index (χ4v) is 11.4. The van der Waals surface area contributed by atoms with Gasteiger partial charge in [0.05, 0.1) is 13.3 Å². The third-order valence-corrected chi connectivity index (χ3v) is 13.8. The number of hydrogen-bond donors (Lipinski definition) is 2. The smallest absolute Gasteiger partial charge is 0.327 e. The number of nitrogens with zero attached hydrogens (tertiary/aromatic N) is 4. The van der Waals surface area contributed by atoms with Gasteiger partial charge in [0.15, 0.2) is 5.65 Å². The third-order valence-electron chi connectivity index (χ3n) is 8.80. The van der Waals surface area contributed by atoms with Crippen molar-refractivity contribution in [1.29, 1.82) is 0 Å². The Morgan fingerprint density at radius 2 is 1.64 bits per heavy atom. The molecule has 2 atom stereocenters. The Hall–Kier alpha value is -4.28. The fraction of sp³-hybridized carbons (Fsp3) is 0.353. The summed E-state index contributed by atoms with van der Waals surface area (Å²) in [5.74, 6) is 0.954. The molecule has 0 saturated heterocycles. The van der Waals surface area contributed by atoms with Crippen molar-refractivity contribution in [3.05, 3.63) is 95.7 Å². The lowest BCUT2D eigenvalue weighted by Crippen LogP contribution is -2.67. The van der Waals surface area contributed by atoms with Crippen LogP contribution in [0, 0.1) is 5.92 Å². The first-order valence-electron chi connectivity index (χ1n) is 15.3. The van der Waals surface area contributed by atoms with E-state index in [4.69, 9.17) is 14.1 Å². The molecule has 1 fully saturated rings. The molecule has 2 N–H and O–H groups in total. The number of H-pyrrole nitrogens is 1. The highest BCUT2D eigenvalue weighted by atomic mass is 28.4. The first kappa shape index (κ1) is 29.8. The summed E-state index contributed by atoms with van der Waals surface area (Å²) in [6.45, 7) is 7.44. The normalized spacial score (nSPS) is 17.5. The van der Waals surface area contributed by atoms with Crippen LogP contribution < -0.4 is 26.1 Å². The van der Waals surface area contributed by atoms with Gasteiger partial charge in [-0.1, -0.05) is 94.3 Å². The van der Waals surface area contributed by atoms with Gasteiger partial charge in [-0.3, -0.25) is 4.57 Å². The van der Waals surface area contributed by atoms with Crippen LogP contribution in [0.4, 0.5) is 11.6 Å². The lowest BCUT2D eigenvalue weighted by molar-refractivity contribution is 0.146. The van der Waals surface area contributed by atoms with E-state index in [9.17, 15) is 4.79 Å².